The van der Waals surface area contributed by atoms with Crippen LogP contribution >= 0.6 is 27.7 Å². The number of benzene rings is 2. The first-order valence-corrected chi connectivity index (χ1v) is 9.64. The van der Waals surface area contributed by atoms with Crippen molar-refractivity contribution in [3.8, 4) is 0 Å². The Morgan fingerprint density at radius 1 is 1.04 bits per heavy atom. The second-order valence-electron chi connectivity index (χ2n) is 5.91. The number of thioether (sulfide) groups is 1. The van der Waals surface area contributed by atoms with Crippen LogP contribution in [0.5, 0.6) is 0 Å². The van der Waals surface area contributed by atoms with Crippen molar-refractivity contribution in [1.82, 2.24) is 4.90 Å². The van der Waals surface area contributed by atoms with Gasteiger partial charge in [0.2, 0.25) is 0 Å². The molecule has 0 spiro atoms. The second kappa shape index (κ2) is 7.17. The molecule has 0 saturated carbocycles. The number of amides is 2. The van der Waals surface area contributed by atoms with Crippen LogP contribution in [0.4, 0.5) is 4.79 Å². The first-order valence-electron chi connectivity index (χ1n) is 8.03. The molecule has 2 heterocycles. The van der Waals surface area contributed by atoms with Crippen molar-refractivity contribution in [3.05, 3.63) is 85.5 Å². The number of para-hydroxylation sites is 1. The molecule has 0 radical (unpaired) electrons. The van der Waals surface area contributed by atoms with Crippen LogP contribution in [0.3, 0.4) is 0 Å². The molecule has 0 aliphatic carbocycles. The molecule has 7 heteroatoms. The molecule has 0 bridgehead atoms. The predicted octanol–water partition coefficient (Wildman–Crippen LogP) is 4.79. The van der Waals surface area contributed by atoms with E-state index in [4.69, 9.17) is 4.42 Å². The van der Waals surface area contributed by atoms with Gasteiger partial charge in [0.1, 0.15) is 11.8 Å². The van der Waals surface area contributed by atoms with Crippen LogP contribution in [0, 0.1) is 0 Å². The van der Waals surface area contributed by atoms with E-state index < -0.39 is 5.91 Å². The van der Waals surface area contributed by atoms with Gasteiger partial charge in [0, 0.05) is 4.47 Å². The van der Waals surface area contributed by atoms with Crippen molar-refractivity contribution in [2.24, 2.45) is 0 Å². The first kappa shape index (κ1) is 17.8. The fourth-order valence-corrected chi connectivity index (χ4v) is 3.84. The highest BCUT2D eigenvalue weighted by Gasteiger charge is 2.35. The van der Waals surface area contributed by atoms with Crippen molar-refractivity contribution >= 4 is 55.9 Å². The van der Waals surface area contributed by atoms with Crippen LogP contribution in [0.1, 0.15) is 11.1 Å². The molecule has 5 nitrogen and oxygen atoms in total. The summed E-state index contributed by atoms with van der Waals surface area (Å²) in [5.74, 6) is -0.416. The summed E-state index contributed by atoms with van der Waals surface area (Å²) in [5.41, 5.74) is 1.31. The van der Waals surface area contributed by atoms with Crippen molar-refractivity contribution in [1.29, 1.82) is 0 Å². The Hall–Kier alpha value is -2.64. The number of halogens is 1. The van der Waals surface area contributed by atoms with Gasteiger partial charge in [-0.15, -0.1) is 0 Å². The minimum Gasteiger partial charge on any atom is -0.463 e. The third kappa shape index (κ3) is 3.48. The minimum absolute atomic E-state index is 0.182. The molecule has 1 saturated heterocycles. The number of rotatable bonds is 3. The predicted molar refractivity (Wildman–Crippen MR) is 108 cm³/mol. The molecule has 4 rings (SSSR count). The Morgan fingerprint density at radius 2 is 1.78 bits per heavy atom. The molecule has 2 amide bonds. The van der Waals surface area contributed by atoms with Crippen LogP contribution in [-0.2, 0) is 11.3 Å². The van der Waals surface area contributed by atoms with E-state index in [1.165, 1.54) is 17.2 Å². The quantitative estimate of drug-likeness (QED) is 0.546. The molecule has 3 aromatic rings. The summed E-state index contributed by atoms with van der Waals surface area (Å²) < 4.78 is 6.38. The highest BCUT2D eigenvalue weighted by atomic mass is 79.9. The van der Waals surface area contributed by atoms with Crippen molar-refractivity contribution < 1.29 is 14.0 Å². The fraction of sp³-hybridized carbons (Fsp3) is 0.0500. The van der Waals surface area contributed by atoms with Gasteiger partial charge in [-0.1, -0.05) is 40.2 Å². The molecule has 2 aromatic carbocycles. The fourth-order valence-electron chi connectivity index (χ4n) is 2.74. The molecule has 1 aromatic heterocycles. The Morgan fingerprint density at radius 3 is 2.56 bits per heavy atom. The molecule has 27 heavy (non-hydrogen) atoms. The van der Waals surface area contributed by atoms with E-state index in [2.05, 4.69) is 15.9 Å². The number of hydrogen-bond acceptors (Lipinski definition) is 5. The van der Waals surface area contributed by atoms with Crippen molar-refractivity contribution in [2.45, 2.75) is 6.54 Å². The van der Waals surface area contributed by atoms with Gasteiger partial charge in [-0.25, -0.2) is 0 Å². The standard InChI is InChI=1S/C20H12BrNO4S/c21-14-7-5-12(6-8-14)10-22-19(24)17(27-20(22)25)9-13-11-26-16-4-2-1-3-15(16)18(13)23/h1-9,11H,10H2/b17-9-. The number of nitrogens with zero attached hydrogens (tertiary/aromatic N) is 1. The third-order valence-electron chi connectivity index (χ3n) is 4.12. The molecule has 134 valence electrons. The van der Waals surface area contributed by atoms with Gasteiger partial charge in [0.05, 0.1) is 22.4 Å². The Labute approximate surface area is 166 Å². The van der Waals surface area contributed by atoms with Crippen molar-refractivity contribution in [2.75, 3.05) is 0 Å². The molecule has 0 atom stereocenters. The van der Waals surface area contributed by atoms with Gasteiger partial charge in [-0.2, -0.15) is 0 Å². The normalized spacial score (nSPS) is 15.9. The lowest BCUT2D eigenvalue weighted by Crippen LogP contribution is -2.27. The van der Waals surface area contributed by atoms with Gasteiger partial charge < -0.3 is 4.42 Å². The van der Waals surface area contributed by atoms with E-state index >= 15 is 0 Å². The van der Waals surface area contributed by atoms with Gasteiger partial charge in [0.15, 0.2) is 5.43 Å². The van der Waals surface area contributed by atoms with E-state index in [0.29, 0.717) is 11.0 Å². The summed E-state index contributed by atoms with van der Waals surface area (Å²) >= 11 is 4.18. The highest BCUT2D eigenvalue weighted by Crippen LogP contribution is 2.33. The number of fused-ring (bicyclic) bond motifs is 1. The Kier molecular flexibility index (Phi) is 4.72. The monoisotopic (exact) mass is 441 g/mol. The average molecular weight is 442 g/mol. The SMILES string of the molecule is O=C1S/C(=C\c2coc3ccccc3c2=O)C(=O)N1Cc1ccc(Br)cc1. The molecule has 1 aliphatic rings. The summed E-state index contributed by atoms with van der Waals surface area (Å²) in [6.45, 7) is 0.182. The smallest absolute Gasteiger partial charge is 0.293 e. The lowest BCUT2D eigenvalue weighted by Gasteiger charge is -2.12. The van der Waals surface area contributed by atoms with Crippen LogP contribution < -0.4 is 5.43 Å². The maximum atomic E-state index is 12.6. The second-order valence-corrected chi connectivity index (χ2v) is 7.82. The first-order chi connectivity index (χ1) is 13.0. The number of hydrogen-bond donors (Lipinski definition) is 0. The van der Waals surface area contributed by atoms with Crippen LogP contribution in [-0.4, -0.2) is 16.0 Å². The van der Waals surface area contributed by atoms with Gasteiger partial charge >= 0.3 is 0 Å². The molecular weight excluding hydrogens is 430 g/mol. The van der Waals surface area contributed by atoms with E-state index in [1.54, 1.807) is 24.3 Å². The molecule has 0 unspecified atom stereocenters. The van der Waals surface area contributed by atoms with Gasteiger partial charge in [-0.05, 0) is 47.7 Å². The van der Waals surface area contributed by atoms with Crippen LogP contribution in [0.25, 0.3) is 17.0 Å². The highest BCUT2D eigenvalue weighted by molar-refractivity contribution is 9.10. The third-order valence-corrected chi connectivity index (χ3v) is 5.56. The van der Waals surface area contributed by atoms with E-state index in [1.807, 2.05) is 24.3 Å². The number of carbonyl (C=O) groups is 2. The largest absolute Gasteiger partial charge is 0.463 e. The molecule has 1 fully saturated rings. The zero-order valence-corrected chi connectivity index (χ0v) is 16.2. The van der Waals surface area contributed by atoms with Gasteiger partial charge in [0.25, 0.3) is 11.1 Å². The summed E-state index contributed by atoms with van der Waals surface area (Å²) in [5, 5.41) is 0.0692. The molecule has 1 aliphatic heterocycles. The zero-order chi connectivity index (χ0) is 19.0. The van der Waals surface area contributed by atoms with Crippen LogP contribution in [0.15, 0.2) is 73.4 Å². The number of imide groups is 1. The topological polar surface area (TPSA) is 67.6 Å². The van der Waals surface area contributed by atoms with Gasteiger partial charge in [-0.3, -0.25) is 19.3 Å². The lowest BCUT2D eigenvalue weighted by atomic mass is 10.1. The summed E-state index contributed by atoms with van der Waals surface area (Å²) in [7, 11) is 0. The maximum absolute atomic E-state index is 12.6. The average Bonchev–Trinajstić information content (AvgIpc) is 2.93. The van der Waals surface area contributed by atoms with Crippen molar-refractivity contribution in [3.63, 3.8) is 0 Å². The molecule has 0 N–H and O–H groups in total. The van der Waals surface area contributed by atoms with E-state index in [0.717, 1.165) is 21.8 Å². The Balaban J connectivity index is 1.64. The minimum atomic E-state index is -0.416. The summed E-state index contributed by atoms with van der Waals surface area (Å²) in [6, 6.07) is 14.3. The summed E-state index contributed by atoms with van der Waals surface area (Å²) in [6.07, 6.45) is 2.73. The number of carbonyl (C=O) groups excluding carboxylic acids is 2. The lowest BCUT2D eigenvalue weighted by molar-refractivity contribution is -0.123. The van der Waals surface area contributed by atoms with Crippen LogP contribution in [0.2, 0.25) is 0 Å². The summed E-state index contributed by atoms with van der Waals surface area (Å²) in [4.78, 5) is 38.9. The van der Waals surface area contributed by atoms with E-state index in [-0.39, 0.29) is 27.7 Å². The Bertz CT molecular complexity index is 1150. The molecular formula is C20H12BrNO4S. The maximum Gasteiger partial charge on any atom is 0.293 e. The van der Waals surface area contributed by atoms with E-state index in [9.17, 15) is 14.4 Å². The zero-order valence-electron chi connectivity index (χ0n) is 13.8.